The second-order valence-electron chi connectivity index (χ2n) is 8.41. The monoisotopic (exact) mass is 360 g/mol. The molecule has 0 aromatic carbocycles. The van der Waals surface area contributed by atoms with E-state index in [2.05, 4.69) is 29.2 Å². The van der Waals surface area contributed by atoms with E-state index in [0.29, 0.717) is 24.5 Å². The Morgan fingerprint density at radius 1 is 1.42 bits per heavy atom. The van der Waals surface area contributed by atoms with Crippen LogP contribution >= 0.6 is 0 Å². The molecule has 1 spiro atoms. The molecule has 3 aliphatic rings. The minimum atomic E-state index is 0.0393. The maximum atomic E-state index is 12.2. The summed E-state index contributed by atoms with van der Waals surface area (Å²) in [4.78, 5) is 14.9. The number of amides is 1. The Hall–Kier alpha value is -1.40. The van der Waals surface area contributed by atoms with Gasteiger partial charge in [-0.2, -0.15) is 5.10 Å². The van der Waals surface area contributed by atoms with Gasteiger partial charge in [-0.15, -0.1) is 0 Å². The van der Waals surface area contributed by atoms with E-state index in [1.165, 1.54) is 25.8 Å². The van der Waals surface area contributed by atoms with Crippen molar-refractivity contribution in [1.29, 1.82) is 0 Å². The van der Waals surface area contributed by atoms with Crippen LogP contribution in [-0.2, 0) is 16.1 Å². The van der Waals surface area contributed by atoms with Crippen molar-refractivity contribution in [1.82, 2.24) is 20.0 Å². The van der Waals surface area contributed by atoms with Crippen molar-refractivity contribution in [3.8, 4) is 0 Å². The number of ether oxygens (including phenoxy) is 1. The maximum Gasteiger partial charge on any atom is 0.241 e. The van der Waals surface area contributed by atoms with Crippen molar-refractivity contribution in [3.63, 3.8) is 0 Å². The molecule has 0 radical (unpaired) electrons. The highest BCUT2D eigenvalue weighted by Gasteiger charge is 2.62. The van der Waals surface area contributed by atoms with Gasteiger partial charge in [0.2, 0.25) is 5.91 Å². The zero-order valence-electron chi connectivity index (χ0n) is 16.1. The number of nitrogens with zero attached hydrogens (tertiary/aromatic N) is 3. The summed E-state index contributed by atoms with van der Waals surface area (Å²) in [6, 6.07) is 1.84. The molecule has 0 aliphatic carbocycles. The van der Waals surface area contributed by atoms with Crippen LogP contribution < -0.4 is 5.32 Å². The summed E-state index contributed by atoms with van der Waals surface area (Å²) in [7, 11) is 0. The fraction of sp³-hybridized carbons (Fsp3) is 0.800. The van der Waals surface area contributed by atoms with Crippen LogP contribution in [-0.4, -0.2) is 58.5 Å². The number of fused-ring (bicyclic) bond motifs is 1. The molecule has 4 atom stereocenters. The van der Waals surface area contributed by atoms with Crippen LogP contribution in [0.5, 0.6) is 0 Å². The lowest BCUT2D eigenvalue weighted by Crippen LogP contribution is -2.42. The first kappa shape index (κ1) is 18.0. The van der Waals surface area contributed by atoms with E-state index in [-0.39, 0.29) is 11.5 Å². The minimum absolute atomic E-state index is 0.0393. The number of carbonyl (C=O) groups excluding carboxylic acids is 1. The molecule has 144 valence electrons. The second-order valence-corrected chi connectivity index (χ2v) is 8.41. The first-order valence-corrected chi connectivity index (χ1v) is 10.3. The summed E-state index contributed by atoms with van der Waals surface area (Å²) in [5.74, 6) is 1.85. The molecule has 26 heavy (non-hydrogen) atoms. The summed E-state index contributed by atoms with van der Waals surface area (Å²) in [6.45, 7) is 9.03. The number of nitrogens with one attached hydrogen (secondary N) is 1. The van der Waals surface area contributed by atoms with Gasteiger partial charge in [0, 0.05) is 50.4 Å². The standard InChI is InChI=1S/C20H32N4O2/c1-3-15(4-2)11-23-12-17-16(18-6-7-20(17,14-23)26-18)10-21-19(25)13-24-9-5-8-22-24/h5,8-9,15-18H,3-4,6-7,10-14H2,1-2H3,(H,21,25)/t16-,17+,18+,20+/m0/s1. The Kier molecular flexibility index (Phi) is 5.06. The molecule has 0 saturated carbocycles. The number of aromatic nitrogens is 2. The zero-order chi connectivity index (χ0) is 18.1. The fourth-order valence-corrected chi connectivity index (χ4v) is 5.44. The number of likely N-dealkylation sites (tertiary alicyclic amines) is 1. The van der Waals surface area contributed by atoms with E-state index in [1.807, 2.05) is 12.3 Å². The third kappa shape index (κ3) is 3.29. The highest BCUT2D eigenvalue weighted by molar-refractivity contribution is 5.75. The quantitative estimate of drug-likeness (QED) is 0.769. The summed E-state index contributed by atoms with van der Waals surface area (Å²) in [6.07, 6.45) is 8.70. The summed E-state index contributed by atoms with van der Waals surface area (Å²) in [5.41, 5.74) is 0.0636. The van der Waals surface area contributed by atoms with Crippen LogP contribution in [0.1, 0.15) is 39.5 Å². The third-order valence-electron chi connectivity index (χ3n) is 6.93. The summed E-state index contributed by atoms with van der Waals surface area (Å²) >= 11 is 0. The molecule has 2 bridgehead atoms. The smallest absolute Gasteiger partial charge is 0.241 e. The lowest BCUT2D eigenvalue weighted by Gasteiger charge is -2.29. The van der Waals surface area contributed by atoms with Gasteiger partial charge in [0.25, 0.3) is 0 Å². The number of rotatable bonds is 8. The molecule has 1 aromatic rings. The van der Waals surface area contributed by atoms with Gasteiger partial charge in [-0.05, 0) is 24.8 Å². The highest BCUT2D eigenvalue weighted by Crippen LogP contribution is 2.54. The molecule has 4 rings (SSSR count). The first-order valence-electron chi connectivity index (χ1n) is 10.3. The molecule has 6 nitrogen and oxygen atoms in total. The molecule has 6 heteroatoms. The minimum Gasteiger partial charge on any atom is -0.370 e. The molecule has 1 aromatic heterocycles. The van der Waals surface area contributed by atoms with E-state index in [0.717, 1.165) is 32.0 Å². The molecule has 3 aliphatic heterocycles. The van der Waals surface area contributed by atoms with Gasteiger partial charge in [0.05, 0.1) is 11.7 Å². The van der Waals surface area contributed by atoms with Crippen molar-refractivity contribution in [3.05, 3.63) is 18.5 Å². The van der Waals surface area contributed by atoms with E-state index in [1.54, 1.807) is 10.9 Å². The van der Waals surface area contributed by atoms with Gasteiger partial charge in [-0.1, -0.05) is 26.7 Å². The number of hydrogen-bond acceptors (Lipinski definition) is 4. The molecule has 3 fully saturated rings. The number of hydrogen-bond donors (Lipinski definition) is 1. The van der Waals surface area contributed by atoms with E-state index < -0.39 is 0 Å². The topological polar surface area (TPSA) is 59.4 Å². The normalized spacial score (nSPS) is 33.1. The highest BCUT2D eigenvalue weighted by atomic mass is 16.5. The van der Waals surface area contributed by atoms with Gasteiger partial charge in [-0.25, -0.2) is 0 Å². The van der Waals surface area contributed by atoms with Crippen molar-refractivity contribution in [2.75, 3.05) is 26.2 Å². The van der Waals surface area contributed by atoms with Gasteiger partial charge in [-0.3, -0.25) is 14.4 Å². The third-order valence-corrected chi connectivity index (χ3v) is 6.93. The Balaban J connectivity index is 1.34. The van der Waals surface area contributed by atoms with Crippen molar-refractivity contribution < 1.29 is 9.53 Å². The molecule has 1 amide bonds. The lowest BCUT2D eigenvalue weighted by atomic mass is 9.73. The maximum absolute atomic E-state index is 12.2. The summed E-state index contributed by atoms with van der Waals surface area (Å²) < 4.78 is 8.17. The van der Waals surface area contributed by atoms with E-state index in [9.17, 15) is 4.79 Å². The van der Waals surface area contributed by atoms with Crippen molar-refractivity contribution >= 4 is 5.91 Å². The predicted octanol–water partition coefficient (Wildman–Crippen LogP) is 1.91. The Morgan fingerprint density at radius 2 is 2.27 bits per heavy atom. The first-order chi connectivity index (χ1) is 12.6. The lowest BCUT2D eigenvalue weighted by molar-refractivity contribution is -0.122. The van der Waals surface area contributed by atoms with E-state index in [4.69, 9.17) is 4.74 Å². The summed E-state index contributed by atoms with van der Waals surface area (Å²) in [5, 5.41) is 7.24. The Bertz CT molecular complexity index is 615. The molecule has 1 N–H and O–H groups in total. The van der Waals surface area contributed by atoms with E-state index >= 15 is 0 Å². The van der Waals surface area contributed by atoms with Crippen LogP contribution in [0.3, 0.4) is 0 Å². The van der Waals surface area contributed by atoms with Crippen LogP contribution in [0.25, 0.3) is 0 Å². The molecular weight excluding hydrogens is 328 g/mol. The van der Waals surface area contributed by atoms with Crippen molar-refractivity contribution in [2.45, 2.75) is 57.8 Å². The van der Waals surface area contributed by atoms with Crippen LogP contribution in [0.15, 0.2) is 18.5 Å². The molecular formula is C20H32N4O2. The van der Waals surface area contributed by atoms with Gasteiger partial charge >= 0.3 is 0 Å². The van der Waals surface area contributed by atoms with Crippen LogP contribution in [0.4, 0.5) is 0 Å². The largest absolute Gasteiger partial charge is 0.370 e. The average molecular weight is 361 g/mol. The average Bonchev–Trinajstić information content (AvgIpc) is 3.39. The molecule has 3 saturated heterocycles. The Labute approximate surface area is 156 Å². The Morgan fingerprint density at radius 3 is 3.00 bits per heavy atom. The van der Waals surface area contributed by atoms with Gasteiger partial charge < -0.3 is 10.1 Å². The van der Waals surface area contributed by atoms with Crippen LogP contribution in [0, 0.1) is 17.8 Å². The fourth-order valence-electron chi connectivity index (χ4n) is 5.44. The van der Waals surface area contributed by atoms with Gasteiger partial charge in [0.1, 0.15) is 6.54 Å². The van der Waals surface area contributed by atoms with Crippen LogP contribution in [0.2, 0.25) is 0 Å². The predicted molar refractivity (Wildman–Crippen MR) is 99.6 cm³/mol. The SMILES string of the molecule is CCC(CC)CN1C[C@@H]2[C@H](CNC(=O)Cn3cccn3)[C@H]3CC[C@]2(C1)O3. The molecule has 4 heterocycles. The van der Waals surface area contributed by atoms with Gasteiger partial charge in [0.15, 0.2) is 0 Å². The molecule has 0 unspecified atom stereocenters. The number of carbonyl (C=O) groups is 1. The second kappa shape index (κ2) is 7.31. The van der Waals surface area contributed by atoms with Crippen molar-refractivity contribution in [2.24, 2.45) is 17.8 Å². The zero-order valence-corrected chi connectivity index (χ0v) is 16.1.